The van der Waals surface area contributed by atoms with Gasteiger partial charge in [0.25, 0.3) is 0 Å². The number of rotatable bonds is 2. The minimum Gasteiger partial charge on any atom is -0.370 e. The second kappa shape index (κ2) is 5.87. The summed E-state index contributed by atoms with van der Waals surface area (Å²) in [5.74, 6) is 0.794. The fourth-order valence-corrected chi connectivity index (χ4v) is 3.42. The summed E-state index contributed by atoms with van der Waals surface area (Å²) >= 11 is 0. The van der Waals surface area contributed by atoms with Crippen LogP contribution >= 0.6 is 0 Å². The molecular weight excluding hydrogens is 246 g/mol. The molecule has 110 valence electrons. The van der Waals surface area contributed by atoms with Crippen LogP contribution in [0.25, 0.3) is 0 Å². The molecule has 2 aliphatic rings. The number of ether oxygens (including phenoxy) is 1. The average Bonchev–Trinajstić information content (AvgIpc) is 2.48. The van der Waals surface area contributed by atoms with Gasteiger partial charge in [-0.05, 0) is 43.7 Å². The van der Waals surface area contributed by atoms with Gasteiger partial charge in [-0.1, -0.05) is 43.5 Å². The van der Waals surface area contributed by atoms with Crippen molar-refractivity contribution >= 4 is 0 Å². The van der Waals surface area contributed by atoms with Gasteiger partial charge in [0.2, 0.25) is 0 Å². The molecule has 1 aliphatic heterocycles. The van der Waals surface area contributed by atoms with E-state index in [0.29, 0.717) is 0 Å². The predicted molar refractivity (Wildman–Crippen MR) is 83.0 cm³/mol. The zero-order valence-electron chi connectivity index (χ0n) is 12.8. The first kappa shape index (κ1) is 14.1. The van der Waals surface area contributed by atoms with Crippen molar-refractivity contribution in [2.75, 3.05) is 13.2 Å². The third-order valence-corrected chi connectivity index (χ3v) is 4.80. The van der Waals surface area contributed by atoms with E-state index in [1.54, 1.807) is 0 Å². The lowest BCUT2D eigenvalue weighted by Gasteiger charge is -2.36. The summed E-state index contributed by atoms with van der Waals surface area (Å²) in [7, 11) is 0. The molecule has 1 aromatic carbocycles. The van der Waals surface area contributed by atoms with E-state index < -0.39 is 0 Å². The van der Waals surface area contributed by atoms with Crippen LogP contribution in [-0.2, 0) is 4.74 Å². The van der Waals surface area contributed by atoms with Gasteiger partial charge in [-0.15, -0.1) is 0 Å². The molecule has 0 amide bonds. The molecule has 1 N–H and O–H groups in total. The van der Waals surface area contributed by atoms with Crippen LogP contribution in [0, 0.1) is 0 Å². The number of morpholine rings is 1. The van der Waals surface area contributed by atoms with Gasteiger partial charge in [0.15, 0.2) is 0 Å². The van der Waals surface area contributed by atoms with Crippen LogP contribution in [0.1, 0.15) is 69.1 Å². The van der Waals surface area contributed by atoms with Crippen LogP contribution in [0.2, 0.25) is 0 Å². The number of nitrogens with one attached hydrogen (secondary N) is 1. The third-order valence-electron chi connectivity index (χ3n) is 4.80. The lowest BCUT2D eigenvalue weighted by molar-refractivity contribution is -0.0229. The van der Waals surface area contributed by atoms with E-state index in [2.05, 4.69) is 43.4 Å². The van der Waals surface area contributed by atoms with E-state index in [9.17, 15) is 0 Å². The normalized spacial score (nSPS) is 27.4. The van der Waals surface area contributed by atoms with E-state index in [1.165, 1.54) is 43.2 Å². The molecule has 0 radical (unpaired) electrons. The van der Waals surface area contributed by atoms with Gasteiger partial charge in [-0.3, -0.25) is 0 Å². The molecule has 3 rings (SSSR count). The van der Waals surface area contributed by atoms with Crippen molar-refractivity contribution in [3.63, 3.8) is 0 Å². The summed E-state index contributed by atoms with van der Waals surface area (Å²) < 4.78 is 6.00. The minimum absolute atomic E-state index is 0.110. The highest BCUT2D eigenvalue weighted by molar-refractivity contribution is 5.27. The Balaban J connectivity index is 1.64. The lowest BCUT2D eigenvalue weighted by atomic mass is 9.84. The number of hydrogen-bond acceptors (Lipinski definition) is 2. The van der Waals surface area contributed by atoms with E-state index >= 15 is 0 Å². The monoisotopic (exact) mass is 273 g/mol. The summed E-state index contributed by atoms with van der Waals surface area (Å²) in [6.45, 7) is 6.07. The zero-order valence-corrected chi connectivity index (χ0v) is 12.8. The van der Waals surface area contributed by atoms with E-state index in [4.69, 9.17) is 4.74 Å². The molecule has 1 saturated heterocycles. The Labute approximate surface area is 122 Å². The molecule has 1 unspecified atom stereocenters. The Morgan fingerprint density at radius 2 is 1.65 bits per heavy atom. The van der Waals surface area contributed by atoms with Crippen molar-refractivity contribution in [3.8, 4) is 0 Å². The molecule has 0 spiro atoms. The molecule has 1 heterocycles. The first-order valence-electron chi connectivity index (χ1n) is 8.10. The van der Waals surface area contributed by atoms with E-state index in [-0.39, 0.29) is 11.6 Å². The molecule has 0 aromatic heterocycles. The summed E-state index contributed by atoms with van der Waals surface area (Å²) in [6, 6.07) is 9.20. The number of benzene rings is 1. The first-order valence-corrected chi connectivity index (χ1v) is 8.10. The minimum atomic E-state index is 0.110. The zero-order chi connectivity index (χ0) is 14.0. The maximum Gasteiger partial charge on any atom is 0.0950 e. The van der Waals surface area contributed by atoms with Gasteiger partial charge in [0.05, 0.1) is 12.7 Å². The SMILES string of the molecule is CC1(C)COC(c2ccc(C3CCCCC3)cc2)CN1. The van der Waals surface area contributed by atoms with Gasteiger partial charge < -0.3 is 10.1 Å². The van der Waals surface area contributed by atoms with Crippen LogP contribution in [0.15, 0.2) is 24.3 Å². The molecule has 2 fully saturated rings. The second-order valence-corrected chi connectivity index (χ2v) is 7.07. The van der Waals surface area contributed by atoms with Crippen molar-refractivity contribution in [1.29, 1.82) is 0 Å². The van der Waals surface area contributed by atoms with Gasteiger partial charge >= 0.3 is 0 Å². The highest BCUT2D eigenvalue weighted by Gasteiger charge is 2.27. The molecule has 0 bridgehead atoms. The standard InChI is InChI=1S/C18H27NO/c1-18(2)13-20-17(12-19-18)16-10-8-15(9-11-16)14-6-4-3-5-7-14/h8-11,14,17,19H,3-7,12-13H2,1-2H3. The highest BCUT2D eigenvalue weighted by Crippen LogP contribution is 2.33. The Hall–Kier alpha value is -0.860. The molecule has 1 aliphatic carbocycles. The largest absolute Gasteiger partial charge is 0.370 e. The molecule has 2 heteroatoms. The fourth-order valence-electron chi connectivity index (χ4n) is 3.42. The van der Waals surface area contributed by atoms with E-state index in [0.717, 1.165) is 19.1 Å². The highest BCUT2D eigenvalue weighted by atomic mass is 16.5. The maximum absolute atomic E-state index is 6.00. The van der Waals surface area contributed by atoms with Gasteiger partial charge in [0.1, 0.15) is 0 Å². The van der Waals surface area contributed by atoms with Gasteiger partial charge in [-0.2, -0.15) is 0 Å². The van der Waals surface area contributed by atoms with Crippen molar-refractivity contribution in [3.05, 3.63) is 35.4 Å². The fraction of sp³-hybridized carbons (Fsp3) is 0.667. The Morgan fingerprint density at radius 1 is 1.00 bits per heavy atom. The molecule has 20 heavy (non-hydrogen) atoms. The second-order valence-electron chi connectivity index (χ2n) is 7.07. The molecule has 1 atom stereocenters. The Kier molecular flexibility index (Phi) is 4.13. The van der Waals surface area contributed by atoms with Crippen molar-refractivity contribution in [2.24, 2.45) is 0 Å². The molecule has 1 saturated carbocycles. The average molecular weight is 273 g/mol. The molecule has 1 aromatic rings. The quantitative estimate of drug-likeness (QED) is 0.873. The van der Waals surface area contributed by atoms with Crippen LogP contribution < -0.4 is 5.32 Å². The van der Waals surface area contributed by atoms with Gasteiger partial charge in [0, 0.05) is 12.1 Å². The van der Waals surface area contributed by atoms with Crippen LogP contribution in [-0.4, -0.2) is 18.7 Å². The number of hydrogen-bond donors (Lipinski definition) is 1. The predicted octanol–water partition coefficient (Wildman–Crippen LogP) is 4.17. The van der Waals surface area contributed by atoms with Crippen molar-refractivity contribution < 1.29 is 4.74 Å². The summed E-state index contributed by atoms with van der Waals surface area (Å²) in [5.41, 5.74) is 2.95. The van der Waals surface area contributed by atoms with Crippen molar-refractivity contribution in [2.45, 2.75) is 63.5 Å². The maximum atomic E-state index is 6.00. The topological polar surface area (TPSA) is 21.3 Å². The summed E-state index contributed by atoms with van der Waals surface area (Å²) in [5, 5.41) is 3.56. The van der Waals surface area contributed by atoms with Crippen LogP contribution in [0.3, 0.4) is 0 Å². The lowest BCUT2D eigenvalue weighted by Crippen LogP contribution is -2.50. The van der Waals surface area contributed by atoms with Crippen LogP contribution in [0.5, 0.6) is 0 Å². The van der Waals surface area contributed by atoms with Gasteiger partial charge in [-0.25, -0.2) is 0 Å². The summed E-state index contributed by atoms with van der Waals surface area (Å²) in [4.78, 5) is 0. The van der Waals surface area contributed by atoms with E-state index in [1.807, 2.05) is 0 Å². The molecular formula is C18H27NO. The summed E-state index contributed by atoms with van der Waals surface area (Å²) in [6.07, 6.45) is 7.17. The smallest absolute Gasteiger partial charge is 0.0950 e. The van der Waals surface area contributed by atoms with Crippen molar-refractivity contribution in [1.82, 2.24) is 5.32 Å². The van der Waals surface area contributed by atoms with Crippen LogP contribution in [0.4, 0.5) is 0 Å². The Morgan fingerprint density at radius 3 is 2.25 bits per heavy atom. The first-order chi connectivity index (χ1) is 9.64. The molecule has 2 nitrogen and oxygen atoms in total. The third kappa shape index (κ3) is 3.24. The Bertz CT molecular complexity index is 421.